The van der Waals surface area contributed by atoms with Crippen molar-refractivity contribution in [1.29, 1.82) is 0 Å². The van der Waals surface area contributed by atoms with Gasteiger partial charge >= 0.3 is 0 Å². The maximum absolute atomic E-state index is 9.50. The predicted octanol–water partition coefficient (Wildman–Crippen LogP) is 1.60. The van der Waals surface area contributed by atoms with Crippen molar-refractivity contribution in [3.63, 3.8) is 0 Å². The smallest absolute Gasteiger partial charge is 0.131 e. The molecule has 0 aliphatic carbocycles. The molecule has 0 radical (unpaired) electrons. The lowest BCUT2D eigenvalue weighted by Gasteiger charge is -2.19. The van der Waals surface area contributed by atoms with Crippen LogP contribution in [0.3, 0.4) is 0 Å². The molecule has 0 aromatic heterocycles. The fourth-order valence-corrected chi connectivity index (χ4v) is 1.75. The standard InChI is InChI=1S/C12H19NO4.ClH/c1-16-10-6-8(15)7-11(17-2)12(10)9(13)4-3-5-14;/h6-7,9,14-15H,3-5,13H2,1-2H3;1H/t9-;/m0./s1. The summed E-state index contributed by atoms with van der Waals surface area (Å²) >= 11 is 0. The van der Waals surface area contributed by atoms with Crippen LogP contribution < -0.4 is 15.2 Å². The minimum absolute atomic E-state index is 0. The van der Waals surface area contributed by atoms with Gasteiger partial charge in [-0.2, -0.15) is 0 Å². The molecular formula is C12H20ClNO4. The van der Waals surface area contributed by atoms with E-state index in [0.717, 1.165) is 0 Å². The molecule has 0 saturated heterocycles. The van der Waals surface area contributed by atoms with Crippen LogP contribution in [0.5, 0.6) is 17.2 Å². The number of phenols is 1. The summed E-state index contributed by atoms with van der Waals surface area (Å²) in [6, 6.07) is 2.69. The second-order valence-electron chi connectivity index (χ2n) is 3.74. The normalized spacial score (nSPS) is 11.6. The summed E-state index contributed by atoms with van der Waals surface area (Å²) in [5.74, 6) is 1.05. The Morgan fingerprint density at radius 2 is 1.72 bits per heavy atom. The Labute approximate surface area is 113 Å². The highest BCUT2D eigenvalue weighted by Crippen LogP contribution is 2.38. The fraction of sp³-hybridized carbons (Fsp3) is 0.500. The van der Waals surface area contributed by atoms with Crippen LogP contribution in [0, 0.1) is 0 Å². The van der Waals surface area contributed by atoms with E-state index >= 15 is 0 Å². The Hall–Kier alpha value is -1.17. The summed E-state index contributed by atoms with van der Waals surface area (Å²) < 4.78 is 10.4. The number of halogens is 1. The molecule has 0 bridgehead atoms. The number of rotatable bonds is 6. The average molecular weight is 278 g/mol. The molecule has 0 amide bonds. The van der Waals surface area contributed by atoms with E-state index < -0.39 is 0 Å². The highest BCUT2D eigenvalue weighted by molar-refractivity contribution is 5.85. The highest BCUT2D eigenvalue weighted by atomic mass is 35.5. The van der Waals surface area contributed by atoms with E-state index in [4.69, 9.17) is 20.3 Å². The molecule has 1 atom stereocenters. The third kappa shape index (κ3) is 3.94. The largest absolute Gasteiger partial charge is 0.508 e. The highest BCUT2D eigenvalue weighted by Gasteiger charge is 2.18. The molecule has 5 nitrogen and oxygen atoms in total. The summed E-state index contributed by atoms with van der Waals surface area (Å²) in [5, 5.41) is 18.3. The number of hydrogen-bond acceptors (Lipinski definition) is 5. The zero-order valence-electron chi connectivity index (χ0n) is 10.5. The van der Waals surface area contributed by atoms with Gasteiger partial charge in [-0.3, -0.25) is 0 Å². The van der Waals surface area contributed by atoms with Crippen molar-refractivity contribution in [1.82, 2.24) is 0 Å². The Morgan fingerprint density at radius 1 is 1.22 bits per heavy atom. The number of ether oxygens (including phenoxy) is 2. The second-order valence-corrected chi connectivity index (χ2v) is 3.74. The Kier molecular flexibility index (Phi) is 7.50. The van der Waals surface area contributed by atoms with E-state index in [0.29, 0.717) is 29.9 Å². The van der Waals surface area contributed by atoms with Crippen LogP contribution in [0.25, 0.3) is 0 Å². The molecule has 1 aromatic carbocycles. The summed E-state index contributed by atoms with van der Waals surface area (Å²) in [4.78, 5) is 0. The number of aliphatic hydroxyl groups excluding tert-OH is 1. The minimum atomic E-state index is -0.298. The average Bonchev–Trinajstić information content (AvgIpc) is 2.34. The number of aromatic hydroxyl groups is 1. The number of hydrogen-bond donors (Lipinski definition) is 3. The molecule has 0 aliphatic heterocycles. The molecule has 104 valence electrons. The number of nitrogens with two attached hydrogens (primary N) is 1. The number of phenolic OH excluding ortho intramolecular Hbond substituents is 1. The maximum atomic E-state index is 9.50. The van der Waals surface area contributed by atoms with Crippen LogP contribution in [-0.2, 0) is 0 Å². The topological polar surface area (TPSA) is 84.9 Å². The van der Waals surface area contributed by atoms with E-state index in [1.165, 1.54) is 26.4 Å². The third-order valence-corrected chi connectivity index (χ3v) is 2.57. The van der Waals surface area contributed by atoms with E-state index in [-0.39, 0.29) is 30.8 Å². The lowest BCUT2D eigenvalue weighted by atomic mass is 10.0. The molecule has 0 unspecified atom stereocenters. The van der Waals surface area contributed by atoms with Crippen LogP contribution >= 0.6 is 12.4 Å². The van der Waals surface area contributed by atoms with E-state index in [1.807, 2.05) is 0 Å². The van der Waals surface area contributed by atoms with Gasteiger partial charge in [-0.25, -0.2) is 0 Å². The SMILES string of the molecule is COc1cc(O)cc(OC)c1[C@@H](N)CCCO.Cl. The molecule has 4 N–H and O–H groups in total. The van der Waals surface area contributed by atoms with Gasteiger partial charge in [0.15, 0.2) is 0 Å². The van der Waals surface area contributed by atoms with Crippen LogP contribution in [0.1, 0.15) is 24.4 Å². The van der Waals surface area contributed by atoms with Crippen molar-refractivity contribution in [3.05, 3.63) is 17.7 Å². The molecule has 18 heavy (non-hydrogen) atoms. The summed E-state index contributed by atoms with van der Waals surface area (Å²) in [7, 11) is 3.02. The van der Waals surface area contributed by atoms with Crippen molar-refractivity contribution >= 4 is 12.4 Å². The van der Waals surface area contributed by atoms with Crippen molar-refractivity contribution in [2.75, 3.05) is 20.8 Å². The molecule has 0 saturated carbocycles. The molecule has 1 rings (SSSR count). The van der Waals surface area contributed by atoms with Gasteiger partial charge in [-0.05, 0) is 12.8 Å². The Bertz CT molecular complexity index is 348. The molecule has 0 aliphatic rings. The lowest BCUT2D eigenvalue weighted by molar-refractivity contribution is 0.278. The number of methoxy groups -OCH3 is 2. The van der Waals surface area contributed by atoms with Gasteiger partial charge < -0.3 is 25.4 Å². The number of aliphatic hydroxyl groups is 1. The van der Waals surface area contributed by atoms with Gasteiger partial charge in [0.1, 0.15) is 17.2 Å². The monoisotopic (exact) mass is 277 g/mol. The molecule has 6 heteroatoms. The molecule has 1 aromatic rings. The first-order valence-corrected chi connectivity index (χ1v) is 5.45. The van der Waals surface area contributed by atoms with Crippen LogP contribution in [-0.4, -0.2) is 31.0 Å². The molecule has 0 heterocycles. The van der Waals surface area contributed by atoms with Gasteiger partial charge in [-0.15, -0.1) is 12.4 Å². The minimum Gasteiger partial charge on any atom is -0.508 e. The van der Waals surface area contributed by atoms with Gasteiger partial charge in [0, 0.05) is 24.8 Å². The van der Waals surface area contributed by atoms with Crippen LogP contribution in [0.4, 0.5) is 0 Å². The first kappa shape index (κ1) is 16.8. The summed E-state index contributed by atoms with van der Waals surface area (Å²) in [6.45, 7) is 0.0937. The van der Waals surface area contributed by atoms with Crippen molar-refractivity contribution in [2.45, 2.75) is 18.9 Å². The van der Waals surface area contributed by atoms with Crippen LogP contribution in [0.15, 0.2) is 12.1 Å². The van der Waals surface area contributed by atoms with Gasteiger partial charge in [-0.1, -0.05) is 0 Å². The quantitative estimate of drug-likeness (QED) is 0.735. The van der Waals surface area contributed by atoms with Gasteiger partial charge in [0.05, 0.1) is 19.8 Å². The van der Waals surface area contributed by atoms with Crippen molar-refractivity contribution in [2.24, 2.45) is 5.73 Å². The molecule has 0 spiro atoms. The molecule has 0 fully saturated rings. The first-order valence-electron chi connectivity index (χ1n) is 5.45. The first-order chi connectivity index (χ1) is 8.13. The Morgan fingerprint density at radius 3 is 2.11 bits per heavy atom. The zero-order valence-corrected chi connectivity index (χ0v) is 11.4. The van der Waals surface area contributed by atoms with Gasteiger partial charge in [0.2, 0.25) is 0 Å². The lowest BCUT2D eigenvalue weighted by Crippen LogP contribution is -2.13. The third-order valence-electron chi connectivity index (χ3n) is 2.57. The van der Waals surface area contributed by atoms with Crippen molar-refractivity contribution < 1.29 is 19.7 Å². The van der Waals surface area contributed by atoms with E-state index in [1.54, 1.807) is 0 Å². The van der Waals surface area contributed by atoms with E-state index in [9.17, 15) is 5.11 Å². The summed E-state index contributed by atoms with van der Waals surface area (Å²) in [6.07, 6.45) is 1.22. The predicted molar refractivity (Wildman–Crippen MR) is 71.7 cm³/mol. The number of benzene rings is 1. The summed E-state index contributed by atoms with van der Waals surface area (Å²) in [5.41, 5.74) is 6.74. The Balaban J connectivity index is 0.00000289. The maximum Gasteiger partial charge on any atom is 0.131 e. The second kappa shape index (κ2) is 8.02. The zero-order chi connectivity index (χ0) is 12.8. The van der Waals surface area contributed by atoms with Crippen LogP contribution in [0.2, 0.25) is 0 Å². The van der Waals surface area contributed by atoms with E-state index in [2.05, 4.69) is 0 Å². The van der Waals surface area contributed by atoms with Gasteiger partial charge in [0.25, 0.3) is 0 Å². The molecular weight excluding hydrogens is 258 g/mol. The van der Waals surface area contributed by atoms with Crippen molar-refractivity contribution in [3.8, 4) is 17.2 Å². The fourth-order valence-electron chi connectivity index (χ4n) is 1.75.